The number of piperidine rings is 1. The molecular weight excluding hydrogens is 448 g/mol. The van der Waals surface area contributed by atoms with Gasteiger partial charge in [-0.1, -0.05) is 24.3 Å². The zero-order chi connectivity index (χ0) is 21.6. The highest BCUT2D eigenvalue weighted by atomic mass is 35.5. The maximum Gasteiger partial charge on any atom is 0.229 e. The van der Waals surface area contributed by atoms with E-state index < -0.39 is 16.1 Å². The Morgan fingerprint density at radius 2 is 1.84 bits per heavy atom. The molecule has 3 aliphatic rings. The van der Waals surface area contributed by atoms with E-state index in [1.165, 1.54) is 17.5 Å². The summed E-state index contributed by atoms with van der Waals surface area (Å²) in [7, 11) is -3.36. The highest BCUT2D eigenvalue weighted by Gasteiger charge is 2.44. The number of halogens is 1. The lowest BCUT2D eigenvalue weighted by molar-refractivity contribution is -0.0608. The Hall–Kier alpha value is -1.80. The van der Waals surface area contributed by atoms with Crippen LogP contribution in [0.3, 0.4) is 0 Å². The number of aliphatic hydroxyl groups is 1. The number of likely N-dealkylation sites (tertiary alicyclic amines) is 1. The molecule has 8 heteroatoms. The second-order valence-corrected chi connectivity index (χ2v) is 11.1. The summed E-state index contributed by atoms with van der Waals surface area (Å²) in [6.07, 6.45) is 6.26. The predicted octanol–water partition coefficient (Wildman–Crippen LogP) is 3.69. The van der Waals surface area contributed by atoms with Crippen LogP contribution in [0.25, 0.3) is 0 Å². The van der Waals surface area contributed by atoms with Crippen LogP contribution in [0.4, 0.5) is 5.69 Å². The molecule has 1 saturated heterocycles. The van der Waals surface area contributed by atoms with Gasteiger partial charge in [-0.05, 0) is 61.4 Å². The minimum Gasteiger partial charge on any atom is -0.487 e. The molecule has 0 saturated carbocycles. The summed E-state index contributed by atoms with van der Waals surface area (Å²) in [5, 5.41) is 10.9. The molecule has 0 aromatic heterocycles. The summed E-state index contributed by atoms with van der Waals surface area (Å²) in [4.78, 5) is 2.60. The van der Waals surface area contributed by atoms with Crippen LogP contribution in [0, 0.1) is 0 Å². The van der Waals surface area contributed by atoms with E-state index in [1.807, 2.05) is 0 Å². The van der Waals surface area contributed by atoms with Crippen molar-refractivity contribution in [2.45, 2.75) is 56.3 Å². The van der Waals surface area contributed by atoms with Crippen LogP contribution in [-0.2, 0) is 22.9 Å². The summed E-state index contributed by atoms with van der Waals surface area (Å²) >= 11 is 0. The smallest absolute Gasteiger partial charge is 0.229 e. The van der Waals surface area contributed by atoms with Gasteiger partial charge >= 0.3 is 0 Å². The Morgan fingerprint density at radius 1 is 1.12 bits per heavy atom. The van der Waals surface area contributed by atoms with Gasteiger partial charge in [-0.25, -0.2) is 8.42 Å². The van der Waals surface area contributed by atoms with E-state index in [9.17, 15) is 13.5 Å². The van der Waals surface area contributed by atoms with Crippen LogP contribution in [0.15, 0.2) is 42.5 Å². The number of sulfonamides is 1. The first-order valence-corrected chi connectivity index (χ1v) is 13.0. The fourth-order valence-electron chi connectivity index (χ4n) is 5.51. The number of nitrogens with one attached hydrogen (secondary N) is 1. The molecule has 2 atom stereocenters. The number of anilines is 1. The van der Waals surface area contributed by atoms with Crippen molar-refractivity contribution in [1.29, 1.82) is 0 Å². The summed E-state index contributed by atoms with van der Waals surface area (Å²) in [5.41, 5.74) is 3.74. The fourth-order valence-corrected chi connectivity index (χ4v) is 6.06. The zero-order valence-electron chi connectivity index (χ0n) is 18.3. The molecular formula is C24H31ClN2O4S. The van der Waals surface area contributed by atoms with Crippen molar-refractivity contribution in [3.63, 3.8) is 0 Å². The van der Waals surface area contributed by atoms with Crippen molar-refractivity contribution in [3.8, 4) is 5.75 Å². The van der Waals surface area contributed by atoms with Gasteiger partial charge < -0.3 is 9.84 Å². The van der Waals surface area contributed by atoms with E-state index in [1.54, 1.807) is 18.2 Å². The predicted molar refractivity (Wildman–Crippen MR) is 128 cm³/mol. The van der Waals surface area contributed by atoms with Crippen molar-refractivity contribution < 1.29 is 18.3 Å². The van der Waals surface area contributed by atoms with E-state index >= 15 is 0 Å². The van der Waals surface area contributed by atoms with Gasteiger partial charge in [0.2, 0.25) is 10.0 Å². The third-order valence-corrected chi connectivity index (χ3v) is 7.72. The Balaban J connectivity index is 0.00000245. The number of fused-ring (bicyclic) bond motifs is 2. The zero-order valence-corrected chi connectivity index (χ0v) is 19.9. The second kappa shape index (κ2) is 8.86. The van der Waals surface area contributed by atoms with Gasteiger partial charge in [0.15, 0.2) is 0 Å². The molecule has 1 aliphatic carbocycles. The van der Waals surface area contributed by atoms with Crippen LogP contribution >= 0.6 is 12.4 Å². The average Bonchev–Trinajstić information content (AvgIpc) is 2.73. The number of aliphatic hydroxyl groups excluding tert-OH is 1. The Morgan fingerprint density at radius 3 is 2.56 bits per heavy atom. The molecule has 2 N–H and O–H groups in total. The molecule has 174 valence electrons. The molecule has 2 heterocycles. The van der Waals surface area contributed by atoms with Crippen molar-refractivity contribution >= 4 is 28.1 Å². The molecule has 5 rings (SSSR count). The largest absolute Gasteiger partial charge is 0.487 e. The standard InChI is InChI=1S/C24H30N2O4S.ClH/c1-31(28,29)25-19-7-9-23-21(15-19)22(27)16-24(30-23)10-12-26(13-11-24)20-8-6-17-4-2-3-5-18(17)14-20;/h2-5,7,9,15,20,22,25,27H,6,8,10-14,16H2,1H3;1H/t20?,22-;/m0./s1. The first-order chi connectivity index (χ1) is 14.8. The van der Waals surface area contributed by atoms with Gasteiger partial charge in [0, 0.05) is 36.8 Å². The van der Waals surface area contributed by atoms with E-state index in [0.717, 1.165) is 45.0 Å². The van der Waals surface area contributed by atoms with Crippen LogP contribution in [0.2, 0.25) is 0 Å². The van der Waals surface area contributed by atoms with Gasteiger partial charge in [0.25, 0.3) is 0 Å². The molecule has 2 aliphatic heterocycles. The van der Waals surface area contributed by atoms with Crippen molar-refractivity contribution in [2.75, 3.05) is 24.1 Å². The van der Waals surface area contributed by atoms with Gasteiger partial charge in [-0.3, -0.25) is 9.62 Å². The number of rotatable bonds is 3. The molecule has 2 aromatic carbocycles. The molecule has 6 nitrogen and oxygen atoms in total. The normalized spacial score (nSPS) is 24.6. The van der Waals surface area contributed by atoms with Crippen molar-refractivity contribution in [3.05, 3.63) is 59.2 Å². The Labute approximate surface area is 196 Å². The van der Waals surface area contributed by atoms with E-state index in [0.29, 0.717) is 29.5 Å². The van der Waals surface area contributed by atoms with Crippen molar-refractivity contribution in [2.24, 2.45) is 0 Å². The van der Waals surface area contributed by atoms with Crippen molar-refractivity contribution in [1.82, 2.24) is 4.90 Å². The monoisotopic (exact) mass is 478 g/mol. The fraction of sp³-hybridized carbons (Fsp3) is 0.500. The SMILES string of the molecule is CS(=O)(=O)Nc1ccc2c(c1)[C@@H](O)CC1(CCN(C3CCc4ccccc4C3)CC1)O2.Cl. The van der Waals surface area contributed by atoms with Gasteiger partial charge in [0.05, 0.1) is 12.4 Å². The maximum absolute atomic E-state index is 11.5. The molecule has 1 spiro atoms. The first-order valence-electron chi connectivity index (χ1n) is 11.1. The number of ether oxygens (including phenoxy) is 1. The van der Waals surface area contributed by atoms with Gasteiger partial charge in [-0.2, -0.15) is 0 Å². The molecule has 32 heavy (non-hydrogen) atoms. The second-order valence-electron chi connectivity index (χ2n) is 9.33. The highest BCUT2D eigenvalue weighted by Crippen LogP contribution is 2.45. The third kappa shape index (κ3) is 4.76. The lowest BCUT2D eigenvalue weighted by Crippen LogP contribution is -2.53. The van der Waals surface area contributed by atoms with E-state index in [2.05, 4.69) is 33.9 Å². The number of nitrogens with zero attached hydrogens (tertiary/aromatic N) is 1. The third-order valence-electron chi connectivity index (χ3n) is 7.11. The first kappa shape index (κ1) is 23.4. The van der Waals surface area contributed by atoms with Gasteiger partial charge in [-0.15, -0.1) is 12.4 Å². The number of aryl methyl sites for hydroxylation is 1. The quantitative estimate of drug-likeness (QED) is 0.703. The topological polar surface area (TPSA) is 78.9 Å². The molecule has 0 bridgehead atoms. The van der Waals surface area contributed by atoms with Crippen LogP contribution < -0.4 is 9.46 Å². The van der Waals surface area contributed by atoms with Crippen LogP contribution in [0.5, 0.6) is 5.75 Å². The summed E-state index contributed by atoms with van der Waals surface area (Å²) in [5.74, 6) is 0.665. The highest BCUT2D eigenvalue weighted by molar-refractivity contribution is 7.92. The summed E-state index contributed by atoms with van der Waals surface area (Å²) in [6, 6.07) is 14.5. The minimum atomic E-state index is -3.36. The van der Waals surface area contributed by atoms with E-state index in [-0.39, 0.29) is 18.0 Å². The van der Waals surface area contributed by atoms with E-state index in [4.69, 9.17) is 4.74 Å². The van der Waals surface area contributed by atoms with Gasteiger partial charge in [0.1, 0.15) is 11.4 Å². The summed E-state index contributed by atoms with van der Waals surface area (Å²) < 4.78 is 31.9. The molecule has 2 aromatic rings. The number of benzene rings is 2. The molecule has 0 radical (unpaired) electrons. The molecule has 1 unspecified atom stereocenters. The van der Waals surface area contributed by atoms with Crippen LogP contribution in [0.1, 0.15) is 48.5 Å². The molecule has 0 amide bonds. The molecule has 1 fully saturated rings. The number of hydrogen-bond donors (Lipinski definition) is 2. The Kier molecular flexibility index (Phi) is 6.47. The lowest BCUT2D eigenvalue weighted by atomic mass is 9.80. The Bertz CT molecular complexity index is 1080. The lowest BCUT2D eigenvalue weighted by Gasteiger charge is -2.48. The maximum atomic E-state index is 11.5. The van der Waals surface area contributed by atoms with Crippen LogP contribution in [-0.4, -0.2) is 49.4 Å². The average molecular weight is 479 g/mol. The summed E-state index contributed by atoms with van der Waals surface area (Å²) in [6.45, 7) is 1.95. The minimum absolute atomic E-state index is 0. The number of hydrogen-bond acceptors (Lipinski definition) is 5.